The molecule has 0 aliphatic heterocycles. The Balaban J connectivity index is 2.22. The van der Waals surface area contributed by atoms with Crippen LogP contribution in [0.1, 0.15) is 67.4 Å². The molecule has 0 heterocycles. The lowest BCUT2D eigenvalue weighted by molar-refractivity contribution is 0.100. The maximum Gasteiger partial charge on any atom is 0.160 e. The lowest BCUT2D eigenvalue weighted by atomic mass is 9.96. The molecule has 0 atom stereocenters. The van der Waals surface area contributed by atoms with Crippen molar-refractivity contribution in [1.82, 2.24) is 0 Å². The summed E-state index contributed by atoms with van der Waals surface area (Å²) in [6.45, 7) is 5.98. The van der Waals surface area contributed by atoms with Gasteiger partial charge in [0.15, 0.2) is 5.78 Å². The molecule has 3 nitrogen and oxygen atoms in total. The molecule has 0 radical (unpaired) electrons. The maximum atomic E-state index is 11.7. The summed E-state index contributed by atoms with van der Waals surface area (Å²) >= 11 is 0. The van der Waals surface area contributed by atoms with E-state index in [4.69, 9.17) is 4.84 Å². The van der Waals surface area contributed by atoms with Crippen molar-refractivity contribution in [1.29, 1.82) is 0 Å². The zero-order chi connectivity index (χ0) is 13.8. The monoisotopic (exact) mass is 259 g/mol. The van der Waals surface area contributed by atoms with E-state index in [1.165, 1.54) is 18.4 Å². The predicted molar refractivity (Wildman–Crippen MR) is 76.6 cm³/mol. The molecule has 3 heteroatoms. The Bertz CT molecular complexity index is 501. The first kappa shape index (κ1) is 13.8. The van der Waals surface area contributed by atoms with Crippen molar-refractivity contribution in [3.05, 3.63) is 34.9 Å². The summed E-state index contributed by atoms with van der Waals surface area (Å²) in [5.41, 5.74) is 4.02. The fraction of sp³-hybridized carbons (Fsp3) is 0.500. The van der Waals surface area contributed by atoms with Gasteiger partial charge >= 0.3 is 0 Å². The number of carbonyl (C=O) groups excluding carboxylic acids is 1. The van der Waals surface area contributed by atoms with Gasteiger partial charge in [-0.05, 0) is 44.6 Å². The van der Waals surface area contributed by atoms with Gasteiger partial charge in [-0.2, -0.15) is 0 Å². The molecule has 0 N–H and O–H groups in total. The molecule has 0 unspecified atom stereocenters. The number of nitrogens with zero attached hydrogens (tertiary/aromatic N) is 1. The highest BCUT2D eigenvalue weighted by Gasteiger charge is 2.27. The van der Waals surface area contributed by atoms with Crippen molar-refractivity contribution in [3.63, 3.8) is 0 Å². The summed E-state index contributed by atoms with van der Waals surface area (Å²) in [5.74, 6) is 0.700. The third-order valence-electron chi connectivity index (χ3n) is 3.55. The van der Waals surface area contributed by atoms with E-state index in [0.717, 1.165) is 23.3 Å². The van der Waals surface area contributed by atoms with E-state index in [1.807, 2.05) is 26.0 Å². The third kappa shape index (κ3) is 3.43. The van der Waals surface area contributed by atoms with Crippen LogP contribution in [-0.4, -0.2) is 11.5 Å². The van der Waals surface area contributed by atoms with E-state index >= 15 is 0 Å². The van der Waals surface area contributed by atoms with Crippen LogP contribution in [0.5, 0.6) is 0 Å². The summed E-state index contributed by atoms with van der Waals surface area (Å²) in [5, 5.41) is 4.06. The van der Waals surface area contributed by atoms with Gasteiger partial charge in [0.05, 0.1) is 5.71 Å². The molecule has 0 bridgehead atoms. The molecular weight excluding hydrogens is 238 g/mol. The first-order valence-electron chi connectivity index (χ1n) is 6.91. The lowest BCUT2D eigenvalue weighted by Gasteiger charge is -2.12. The van der Waals surface area contributed by atoms with Crippen molar-refractivity contribution in [2.45, 2.75) is 52.6 Å². The number of oxime groups is 1. The number of hydrogen-bond acceptors (Lipinski definition) is 3. The molecule has 0 saturated heterocycles. The predicted octanol–water partition coefficient (Wildman–Crippen LogP) is 4.07. The fourth-order valence-corrected chi connectivity index (χ4v) is 2.14. The van der Waals surface area contributed by atoms with E-state index in [2.05, 4.69) is 11.2 Å². The zero-order valence-electron chi connectivity index (χ0n) is 11.9. The van der Waals surface area contributed by atoms with E-state index in [0.29, 0.717) is 12.5 Å². The van der Waals surface area contributed by atoms with Crippen LogP contribution >= 0.6 is 0 Å². The van der Waals surface area contributed by atoms with Crippen LogP contribution in [0.2, 0.25) is 0 Å². The molecule has 2 rings (SSSR count). The minimum absolute atomic E-state index is 0.0947. The van der Waals surface area contributed by atoms with Gasteiger partial charge in [-0.1, -0.05) is 30.3 Å². The Morgan fingerprint density at radius 2 is 2.11 bits per heavy atom. The Hall–Kier alpha value is -1.64. The average Bonchev–Trinajstić information content (AvgIpc) is 3.22. The summed E-state index contributed by atoms with van der Waals surface area (Å²) in [4.78, 5) is 17.1. The van der Waals surface area contributed by atoms with Gasteiger partial charge in [0.25, 0.3) is 0 Å². The van der Waals surface area contributed by atoms with Crippen LogP contribution < -0.4 is 0 Å². The van der Waals surface area contributed by atoms with Gasteiger partial charge in [-0.3, -0.25) is 4.79 Å². The van der Waals surface area contributed by atoms with Crippen LogP contribution in [-0.2, 0) is 11.4 Å². The number of carbonyl (C=O) groups is 1. The van der Waals surface area contributed by atoms with Gasteiger partial charge in [0.1, 0.15) is 6.61 Å². The second-order valence-corrected chi connectivity index (χ2v) is 5.16. The smallest absolute Gasteiger partial charge is 0.160 e. The SMILES string of the molecule is CCC(C)=NOCc1c(C(C)=O)cccc1C1CC1. The van der Waals surface area contributed by atoms with Gasteiger partial charge < -0.3 is 4.84 Å². The standard InChI is InChI=1S/C16H21NO2/c1-4-11(2)17-19-10-16-14(12(3)18)6-5-7-15(16)13-8-9-13/h5-7,13H,4,8-10H2,1-3H3. The van der Waals surface area contributed by atoms with E-state index in [9.17, 15) is 4.79 Å². The van der Waals surface area contributed by atoms with Crippen molar-refractivity contribution in [2.75, 3.05) is 0 Å². The quantitative estimate of drug-likeness (QED) is 0.439. The normalized spacial score (nSPS) is 15.4. The second kappa shape index (κ2) is 6.00. The Labute approximate surface area is 114 Å². The Kier molecular flexibility index (Phi) is 4.35. The first-order valence-corrected chi connectivity index (χ1v) is 6.91. The molecule has 1 aromatic rings. The topological polar surface area (TPSA) is 38.7 Å². The summed E-state index contributed by atoms with van der Waals surface area (Å²) in [6, 6.07) is 5.96. The van der Waals surface area contributed by atoms with Crippen molar-refractivity contribution in [2.24, 2.45) is 5.16 Å². The second-order valence-electron chi connectivity index (χ2n) is 5.16. The van der Waals surface area contributed by atoms with Crippen LogP contribution in [0.25, 0.3) is 0 Å². The molecule has 0 spiro atoms. The number of benzene rings is 1. The highest BCUT2D eigenvalue weighted by molar-refractivity contribution is 5.96. The molecule has 102 valence electrons. The molecular formula is C16H21NO2. The van der Waals surface area contributed by atoms with E-state index in [-0.39, 0.29) is 5.78 Å². The fourth-order valence-electron chi connectivity index (χ4n) is 2.14. The van der Waals surface area contributed by atoms with Gasteiger partial charge in [0.2, 0.25) is 0 Å². The van der Waals surface area contributed by atoms with Crippen molar-refractivity contribution in [3.8, 4) is 0 Å². The van der Waals surface area contributed by atoms with E-state index < -0.39 is 0 Å². The van der Waals surface area contributed by atoms with Crippen LogP contribution in [0.15, 0.2) is 23.4 Å². The molecule has 1 saturated carbocycles. The first-order chi connectivity index (χ1) is 9.13. The molecule has 19 heavy (non-hydrogen) atoms. The summed E-state index contributed by atoms with van der Waals surface area (Å²) < 4.78 is 0. The molecule has 0 aromatic heterocycles. The minimum Gasteiger partial charge on any atom is -0.391 e. The number of Topliss-reactive ketones (excluding diaryl/α,β-unsaturated/α-hetero) is 1. The van der Waals surface area contributed by atoms with Crippen LogP contribution in [0.3, 0.4) is 0 Å². The highest BCUT2D eigenvalue weighted by atomic mass is 16.6. The zero-order valence-corrected chi connectivity index (χ0v) is 11.9. The Morgan fingerprint density at radius 1 is 1.37 bits per heavy atom. The highest BCUT2D eigenvalue weighted by Crippen LogP contribution is 2.42. The minimum atomic E-state index is 0.0947. The lowest BCUT2D eigenvalue weighted by Crippen LogP contribution is -2.05. The molecule has 1 aliphatic carbocycles. The van der Waals surface area contributed by atoms with Gasteiger partial charge in [0, 0.05) is 11.1 Å². The Morgan fingerprint density at radius 3 is 2.68 bits per heavy atom. The number of rotatable bonds is 6. The maximum absolute atomic E-state index is 11.7. The van der Waals surface area contributed by atoms with E-state index in [1.54, 1.807) is 6.92 Å². The van der Waals surface area contributed by atoms with Crippen molar-refractivity contribution >= 4 is 11.5 Å². The molecule has 0 amide bonds. The number of ketones is 1. The van der Waals surface area contributed by atoms with Gasteiger partial charge in [-0.25, -0.2) is 0 Å². The van der Waals surface area contributed by atoms with Crippen molar-refractivity contribution < 1.29 is 9.63 Å². The molecule has 1 aliphatic rings. The van der Waals surface area contributed by atoms with Crippen LogP contribution in [0, 0.1) is 0 Å². The van der Waals surface area contributed by atoms with Gasteiger partial charge in [-0.15, -0.1) is 0 Å². The average molecular weight is 259 g/mol. The molecule has 1 aromatic carbocycles. The summed E-state index contributed by atoms with van der Waals surface area (Å²) in [7, 11) is 0. The number of hydrogen-bond donors (Lipinski definition) is 0. The molecule has 1 fully saturated rings. The third-order valence-corrected chi connectivity index (χ3v) is 3.55. The van der Waals surface area contributed by atoms with Crippen LogP contribution in [0.4, 0.5) is 0 Å². The largest absolute Gasteiger partial charge is 0.391 e. The summed E-state index contributed by atoms with van der Waals surface area (Å²) in [6.07, 6.45) is 3.31.